The number of ether oxygens (including phenoxy) is 2. The van der Waals surface area contributed by atoms with E-state index in [2.05, 4.69) is 9.91 Å². The third-order valence-electron chi connectivity index (χ3n) is 2.15. The van der Waals surface area contributed by atoms with E-state index in [0.29, 0.717) is 5.75 Å². The van der Waals surface area contributed by atoms with Crippen LogP contribution >= 0.6 is 0 Å². The number of rotatable bonds is 5. The minimum absolute atomic E-state index is 0.0910. The van der Waals surface area contributed by atoms with Crippen molar-refractivity contribution in [2.24, 2.45) is 5.18 Å². The van der Waals surface area contributed by atoms with Crippen LogP contribution in [0.25, 0.3) is 5.76 Å². The van der Waals surface area contributed by atoms with Crippen LogP contribution in [0.15, 0.2) is 35.1 Å². The molecule has 96 valence electrons. The molecule has 1 rings (SSSR count). The van der Waals surface area contributed by atoms with Crippen LogP contribution in [0.3, 0.4) is 0 Å². The summed E-state index contributed by atoms with van der Waals surface area (Å²) in [6.45, 7) is 1.68. The van der Waals surface area contributed by atoms with Gasteiger partial charge in [-0.1, -0.05) is 0 Å². The molecule has 0 aliphatic rings. The maximum atomic E-state index is 11.4. The second kappa shape index (κ2) is 6.39. The Hall–Kier alpha value is -2.37. The number of methoxy groups -OCH3 is 1. The van der Waals surface area contributed by atoms with Gasteiger partial charge in [-0.25, -0.2) is 4.79 Å². The lowest BCUT2D eigenvalue weighted by Gasteiger charge is -2.05. The second-order valence-corrected chi connectivity index (χ2v) is 3.24. The third-order valence-corrected chi connectivity index (χ3v) is 2.15. The zero-order chi connectivity index (χ0) is 13.5. The lowest BCUT2D eigenvalue weighted by molar-refractivity contribution is -0.138. The molecule has 0 saturated carbocycles. The van der Waals surface area contributed by atoms with Crippen LogP contribution in [0.2, 0.25) is 0 Å². The van der Waals surface area contributed by atoms with Crippen molar-refractivity contribution in [1.82, 2.24) is 0 Å². The Bertz CT molecular complexity index is 464. The summed E-state index contributed by atoms with van der Waals surface area (Å²) in [4.78, 5) is 21.9. The van der Waals surface area contributed by atoms with E-state index in [4.69, 9.17) is 4.74 Å². The maximum absolute atomic E-state index is 11.4. The molecule has 0 unspecified atom stereocenters. The summed E-state index contributed by atoms with van der Waals surface area (Å²) in [6.07, 6.45) is 0. The first-order valence-corrected chi connectivity index (χ1v) is 5.22. The van der Waals surface area contributed by atoms with Crippen molar-refractivity contribution in [1.29, 1.82) is 0 Å². The van der Waals surface area contributed by atoms with Crippen molar-refractivity contribution < 1.29 is 19.4 Å². The Kier molecular flexibility index (Phi) is 4.86. The van der Waals surface area contributed by atoms with E-state index in [1.807, 2.05) is 0 Å². The lowest BCUT2D eigenvalue weighted by atomic mass is 10.1. The monoisotopic (exact) mass is 251 g/mol. The number of hydrogen-bond acceptors (Lipinski definition) is 6. The van der Waals surface area contributed by atoms with Gasteiger partial charge in [0.15, 0.2) is 5.76 Å². The van der Waals surface area contributed by atoms with Gasteiger partial charge in [-0.15, -0.1) is 4.91 Å². The van der Waals surface area contributed by atoms with E-state index >= 15 is 0 Å². The number of benzene rings is 1. The maximum Gasteiger partial charge on any atom is 0.364 e. The van der Waals surface area contributed by atoms with E-state index in [-0.39, 0.29) is 12.2 Å². The van der Waals surface area contributed by atoms with Crippen LogP contribution in [0, 0.1) is 4.91 Å². The van der Waals surface area contributed by atoms with Gasteiger partial charge >= 0.3 is 5.97 Å². The summed E-state index contributed by atoms with van der Waals surface area (Å²) in [6, 6.07) is 6.16. The highest BCUT2D eigenvalue weighted by atomic mass is 16.5. The number of nitrogens with zero attached hydrogens (tertiary/aromatic N) is 1. The molecule has 1 N–H and O–H groups in total. The number of aliphatic hydroxyl groups excluding tert-OH is 1. The molecule has 0 radical (unpaired) electrons. The van der Waals surface area contributed by atoms with E-state index in [1.165, 1.54) is 19.2 Å². The molecule has 0 fully saturated rings. The number of hydrogen-bond donors (Lipinski definition) is 1. The average molecular weight is 251 g/mol. The third kappa shape index (κ3) is 3.07. The van der Waals surface area contributed by atoms with Crippen molar-refractivity contribution >= 4 is 11.7 Å². The number of carbonyl (C=O) groups excluding carboxylic acids is 1. The Morgan fingerprint density at radius 2 is 1.94 bits per heavy atom. The Balaban J connectivity index is 3.09. The van der Waals surface area contributed by atoms with Gasteiger partial charge in [0.05, 0.1) is 13.7 Å². The van der Waals surface area contributed by atoms with Crippen molar-refractivity contribution in [3.63, 3.8) is 0 Å². The van der Waals surface area contributed by atoms with Crippen molar-refractivity contribution in [2.75, 3.05) is 13.7 Å². The van der Waals surface area contributed by atoms with Crippen LogP contribution in [-0.2, 0) is 9.53 Å². The van der Waals surface area contributed by atoms with Gasteiger partial charge < -0.3 is 14.6 Å². The highest BCUT2D eigenvalue weighted by Gasteiger charge is 2.19. The summed E-state index contributed by atoms with van der Waals surface area (Å²) < 4.78 is 9.55. The number of nitroso groups, excluding NO2 is 1. The van der Waals surface area contributed by atoms with Crippen LogP contribution < -0.4 is 4.74 Å². The molecular weight excluding hydrogens is 238 g/mol. The number of aliphatic hydroxyl groups is 1. The fourth-order valence-electron chi connectivity index (χ4n) is 1.26. The highest BCUT2D eigenvalue weighted by molar-refractivity contribution is 5.95. The standard InChI is InChI=1S/C12H13NO5/c1-3-18-12(15)10(13-16)11(14)8-4-6-9(17-2)7-5-8/h4-7,14H,3H2,1-2H3/b11-10+. The molecule has 0 atom stereocenters. The summed E-state index contributed by atoms with van der Waals surface area (Å²) >= 11 is 0. The van der Waals surface area contributed by atoms with Gasteiger partial charge in [-0.3, -0.25) is 0 Å². The summed E-state index contributed by atoms with van der Waals surface area (Å²) in [7, 11) is 1.50. The summed E-state index contributed by atoms with van der Waals surface area (Å²) in [5.41, 5.74) is -0.375. The predicted octanol–water partition coefficient (Wildman–Crippen LogP) is 2.25. The van der Waals surface area contributed by atoms with Gasteiger partial charge in [-0.05, 0) is 36.4 Å². The van der Waals surface area contributed by atoms with Gasteiger partial charge in [0.25, 0.3) is 0 Å². The first-order valence-electron chi connectivity index (χ1n) is 5.22. The minimum Gasteiger partial charge on any atom is -0.505 e. The zero-order valence-electron chi connectivity index (χ0n) is 10.0. The van der Waals surface area contributed by atoms with Gasteiger partial charge in [0.1, 0.15) is 5.75 Å². The normalized spacial score (nSPS) is 11.4. The number of carbonyl (C=O) groups is 1. The van der Waals surface area contributed by atoms with Crippen LogP contribution in [0.5, 0.6) is 5.75 Å². The Morgan fingerprint density at radius 1 is 1.33 bits per heavy atom. The molecule has 0 aliphatic carbocycles. The molecule has 18 heavy (non-hydrogen) atoms. The smallest absolute Gasteiger partial charge is 0.364 e. The minimum atomic E-state index is -0.958. The molecule has 6 nitrogen and oxygen atoms in total. The van der Waals surface area contributed by atoms with Gasteiger partial charge in [-0.2, -0.15) is 0 Å². The SMILES string of the molecule is CCOC(=O)/C(N=O)=C(\O)c1ccc(OC)cc1. The first kappa shape index (κ1) is 13.7. The van der Waals surface area contributed by atoms with Crippen molar-refractivity contribution in [3.05, 3.63) is 40.4 Å². The largest absolute Gasteiger partial charge is 0.505 e. The molecule has 0 aromatic heterocycles. The molecule has 0 saturated heterocycles. The Morgan fingerprint density at radius 3 is 2.39 bits per heavy atom. The number of esters is 1. The second-order valence-electron chi connectivity index (χ2n) is 3.24. The zero-order valence-corrected chi connectivity index (χ0v) is 10.0. The van der Waals surface area contributed by atoms with Crippen molar-refractivity contribution in [3.8, 4) is 5.75 Å². The van der Waals surface area contributed by atoms with E-state index in [1.54, 1.807) is 19.1 Å². The molecule has 6 heteroatoms. The quantitative estimate of drug-likeness (QED) is 0.375. The fourth-order valence-corrected chi connectivity index (χ4v) is 1.26. The molecule has 1 aromatic rings. The van der Waals surface area contributed by atoms with Crippen molar-refractivity contribution in [2.45, 2.75) is 6.92 Å². The molecule has 0 amide bonds. The van der Waals surface area contributed by atoms with Crippen LogP contribution in [0.1, 0.15) is 12.5 Å². The Labute approximate surface area is 104 Å². The topological polar surface area (TPSA) is 85.2 Å². The van der Waals surface area contributed by atoms with E-state index in [0.717, 1.165) is 0 Å². The van der Waals surface area contributed by atoms with Gasteiger partial charge in [0, 0.05) is 5.56 Å². The molecule has 0 aliphatic heterocycles. The highest BCUT2D eigenvalue weighted by Crippen LogP contribution is 2.20. The molecule has 1 aromatic carbocycles. The predicted molar refractivity (Wildman–Crippen MR) is 65.0 cm³/mol. The summed E-state index contributed by atoms with van der Waals surface area (Å²) in [5, 5.41) is 12.3. The molecule has 0 spiro atoms. The summed E-state index contributed by atoms with van der Waals surface area (Å²) in [5.74, 6) is -0.893. The molecule has 0 bridgehead atoms. The lowest BCUT2D eigenvalue weighted by Crippen LogP contribution is -2.08. The first-order chi connectivity index (χ1) is 8.63. The molecular formula is C12H13NO5. The fraction of sp³-hybridized carbons (Fsp3) is 0.250. The van der Waals surface area contributed by atoms with Crippen LogP contribution in [0.4, 0.5) is 0 Å². The average Bonchev–Trinajstić information content (AvgIpc) is 2.40. The van der Waals surface area contributed by atoms with Crippen LogP contribution in [-0.4, -0.2) is 24.8 Å². The van der Waals surface area contributed by atoms with E-state index < -0.39 is 17.4 Å². The molecule has 0 heterocycles. The van der Waals surface area contributed by atoms with Gasteiger partial charge in [0.2, 0.25) is 5.70 Å². The van der Waals surface area contributed by atoms with E-state index in [9.17, 15) is 14.8 Å².